The number of rotatable bonds is 5. The van der Waals surface area contributed by atoms with E-state index in [1.165, 1.54) is 6.20 Å². The molecule has 0 aliphatic carbocycles. The molecule has 0 unspecified atom stereocenters. The van der Waals surface area contributed by atoms with Gasteiger partial charge < -0.3 is 4.74 Å². The summed E-state index contributed by atoms with van der Waals surface area (Å²) in [5.74, 6) is -6.73. The van der Waals surface area contributed by atoms with Gasteiger partial charge in [-0.15, -0.1) is 0 Å². The van der Waals surface area contributed by atoms with Crippen molar-refractivity contribution in [3.8, 4) is 0 Å². The van der Waals surface area contributed by atoms with Gasteiger partial charge >= 0.3 is 18.1 Å². The quantitative estimate of drug-likeness (QED) is 0.180. The third kappa shape index (κ3) is 5.34. The fraction of sp³-hybridized carbons (Fsp3) is 0.444. The normalized spacial score (nSPS) is 12.3. The molecule has 0 N–H and O–H groups in total. The lowest BCUT2D eigenvalue weighted by atomic mass is 10.3. The summed E-state index contributed by atoms with van der Waals surface area (Å²) in [5.41, 5.74) is 0. The van der Waals surface area contributed by atoms with Gasteiger partial charge in [-0.1, -0.05) is 11.8 Å². The van der Waals surface area contributed by atoms with Crippen molar-refractivity contribution in [2.24, 2.45) is 0 Å². The number of hydrogen-bond donors (Lipinski definition) is 0. The Kier molecular flexibility index (Phi) is 5.91. The van der Waals surface area contributed by atoms with Crippen LogP contribution in [0.15, 0.2) is 17.4 Å². The number of carbonyl (C=O) groups is 1. The third-order valence-corrected chi connectivity index (χ3v) is 3.18. The minimum Gasteiger partial charge on any atom is -0.458 e. The second kappa shape index (κ2) is 6.83. The maximum Gasteiger partial charge on any atom is 0.456 e. The Hall–Kier alpha value is -0.720. The molecule has 0 saturated heterocycles. The summed E-state index contributed by atoms with van der Waals surface area (Å²) in [5, 5.41) is 0.191. The number of ether oxygens (including phenoxy) is 1. The van der Waals surface area contributed by atoms with Crippen molar-refractivity contribution >= 4 is 40.3 Å². The van der Waals surface area contributed by atoms with E-state index in [2.05, 4.69) is 14.7 Å². The molecular weight excluding hydrogens is 422 g/mol. The molecule has 0 spiro atoms. The van der Waals surface area contributed by atoms with E-state index in [1.807, 2.05) is 22.6 Å². The first-order chi connectivity index (χ1) is 9.12. The highest BCUT2D eigenvalue weighted by molar-refractivity contribution is 14.1. The van der Waals surface area contributed by atoms with Crippen molar-refractivity contribution in [3.63, 3.8) is 0 Å². The lowest BCUT2D eigenvalue weighted by Crippen LogP contribution is -2.41. The Morgan fingerprint density at radius 3 is 2.55 bits per heavy atom. The highest BCUT2D eigenvalue weighted by Gasteiger charge is 2.58. The molecular formula is C9H6F5IN2O2S. The Morgan fingerprint density at radius 2 is 2.00 bits per heavy atom. The van der Waals surface area contributed by atoms with E-state index >= 15 is 0 Å². The lowest BCUT2D eigenvalue weighted by molar-refractivity contribution is -0.293. The molecule has 0 radical (unpaired) electrons. The summed E-state index contributed by atoms with van der Waals surface area (Å²) in [4.78, 5) is 18.7. The zero-order chi connectivity index (χ0) is 15.4. The fourth-order valence-corrected chi connectivity index (χ4v) is 1.99. The Morgan fingerprint density at radius 1 is 1.35 bits per heavy atom. The second-order valence-corrected chi connectivity index (χ2v) is 5.36. The smallest absolute Gasteiger partial charge is 0.456 e. The van der Waals surface area contributed by atoms with Gasteiger partial charge in [-0.3, -0.25) is 4.79 Å². The number of carbonyl (C=O) groups excluding carboxylic acids is 1. The van der Waals surface area contributed by atoms with Crippen LogP contribution in [0.4, 0.5) is 22.0 Å². The van der Waals surface area contributed by atoms with E-state index < -0.39 is 30.4 Å². The van der Waals surface area contributed by atoms with Crippen LogP contribution in [0.2, 0.25) is 0 Å². The molecule has 0 aromatic carbocycles. The monoisotopic (exact) mass is 428 g/mol. The highest BCUT2D eigenvalue weighted by Crippen LogP contribution is 2.35. The molecule has 1 aromatic rings. The molecule has 11 heteroatoms. The summed E-state index contributed by atoms with van der Waals surface area (Å²) < 4.78 is 64.9. The molecule has 112 valence electrons. The second-order valence-electron chi connectivity index (χ2n) is 3.31. The van der Waals surface area contributed by atoms with E-state index in [1.54, 1.807) is 6.07 Å². The van der Waals surface area contributed by atoms with Crippen LogP contribution in [-0.2, 0) is 9.53 Å². The summed E-state index contributed by atoms with van der Waals surface area (Å²) in [6.07, 6.45) is -4.33. The van der Waals surface area contributed by atoms with E-state index in [9.17, 15) is 26.7 Å². The highest BCUT2D eigenvalue weighted by atomic mass is 127. The molecule has 0 amide bonds. The first kappa shape index (κ1) is 17.3. The van der Waals surface area contributed by atoms with Gasteiger partial charge in [0.25, 0.3) is 0 Å². The molecule has 0 saturated carbocycles. The molecule has 0 atom stereocenters. The standard InChI is InChI=1S/C9H6F5IN2O2S/c10-8(11,9(12,13)14)4-19-6(18)3-20-7-16-2-1-5(15)17-7/h1-2H,3-4H2. The van der Waals surface area contributed by atoms with Gasteiger partial charge in [-0.05, 0) is 28.7 Å². The predicted octanol–water partition coefficient (Wildman–Crippen LogP) is 2.91. The number of alkyl halides is 5. The van der Waals surface area contributed by atoms with Crippen molar-refractivity contribution in [2.75, 3.05) is 12.4 Å². The number of thioether (sulfide) groups is 1. The van der Waals surface area contributed by atoms with E-state index in [-0.39, 0.29) is 5.16 Å². The average molecular weight is 428 g/mol. The van der Waals surface area contributed by atoms with Crippen LogP contribution in [0.1, 0.15) is 0 Å². The number of halogens is 6. The lowest BCUT2D eigenvalue weighted by Gasteiger charge is -2.18. The van der Waals surface area contributed by atoms with Crippen molar-refractivity contribution < 1.29 is 31.5 Å². The summed E-state index contributed by atoms with van der Waals surface area (Å²) >= 11 is 2.67. The van der Waals surface area contributed by atoms with Crippen LogP contribution >= 0.6 is 34.4 Å². The van der Waals surface area contributed by atoms with Crippen molar-refractivity contribution in [2.45, 2.75) is 17.3 Å². The van der Waals surface area contributed by atoms with Gasteiger partial charge in [0.2, 0.25) is 0 Å². The third-order valence-electron chi connectivity index (χ3n) is 1.75. The van der Waals surface area contributed by atoms with Crippen molar-refractivity contribution in [1.29, 1.82) is 0 Å². The number of aromatic nitrogens is 2. The largest absolute Gasteiger partial charge is 0.458 e. The maximum atomic E-state index is 12.5. The number of nitrogens with zero attached hydrogens (tertiary/aromatic N) is 2. The Bertz CT molecular complexity index is 486. The van der Waals surface area contributed by atoms with Crippen molar-refractivity contribution in [3.05, 3.63) is 16.0 Å². The molecule has 1 rings (SSSR count). The molecule has 1 heterocycles. The van der Waals surface area contributed by atoms with E-state index in [0.717, 1.165) is 11.8 Å². The van der Waals surface area contributed by atoms with Gasteiger partial charge in [0.05, 0.1) is 5.75 Å². The van der Waals surface area contributed by atoms with Gasteiger partial charge in [0.15, 0.2) is 11.8 Å². The molecule has 4 nitrogen and oxygen atoms in total. The van der Waals surface area contributed by atoms with Crippen molar-refractivity contribution in [1.82, 2.24) is 9.97 Å². The van der Waals surface area contributed by atoms with E-state index in [4.69, 9.17) is 0 Å². The Balaban J connectivity index is 2.42. The van der Waals surface area contributed by atoms with Crippen LogP contribution in [-0.4, -0.2) is 40.4 Å². The van der Waals surface area contributed by atoms with Crippen LogP contribution in [0.3, 0.4) is 0 Å². The van der Waals surface area contributed by atoms with Crippen LogP contribution in [0.25, 0.3) is 0 Å². The number of esters is 1. The molecule has 0 bridgehead atoms. The maximum absolute atomic E-state index is 12.5. The van der Waals surface area contributed by atoms with Crippen LogP contribution in [0, 0.1) is 3.70 Å². The minimum atomic E-state index is -5.75. The molecule has 1 aromatic heterocycles. The first-order valence-corrected chi connectivity index (χ1v) is 6.90. The number of hydrogen-bond acceptors (Lipinski definition) is 5. The Labute approximate surface area is 127 Å². The average Bonchev–Trinajstić information content (AvgIpc) is 2.33. The fourth-order valence-electron chi connectivity index (χ4n) is 0.808. The summed E-state index contributed by atoms with van der Waals surface area (Å²) in [7, 11) is 0. The van der Waals surface area contributed by atoms with E-state index in [0.29, 0.717) is 3.70 Å². The van der Waals surface area contributed by atoms with Gasteiger partial charge in [-0.2, -0.15) is 22.0 Å². The molecule has 0 aliphatic heterocycles. The minimum absolute atomic E-state index is 0.191. The van der Waals surface area contributed by atoms with Gasteiger partial charge in [0.1, 0.15) is 3.70 Å². The topological polar surface area (TPSA) is 52.1 Å². The molecule has 0 aliphatic rings. The molecule has 0 fully saturated rings. The first-order valence-electron chi connectivity index (χ1n) is 4.83. The summed E-state index contributed by atoms with van der Waals surface area (Å²) in [6, 6.07) is 1.59. The zero-order valence-corrected chi connectivity index (χ0v) is 12.4. The molecule has 20 heavy (non-hydrogen) atoms. The van der Waals surface area contributed by atoms with Gasteiger partial charge in [-0.25, -0.2) is 9.97 Å². The van der Waals surface area contributed by atoms with Crippen LogP contribution in [0.5, 0.6) is 0 Å². The van der Waals surface area contributed by atoms with Gasteiger partial charge in [0, 0.05) is 6.20 Å². The van der Waals surface area contributed by atoms with Crippen LogP contribution < -0.4 is 0 Å². The zero-order valence-electron chi connectivity index (χ0n) is 9.46. The SMILES string of the molecule is O=C(CSc1nccc(I)n1)OCC(F)(F)C(F)(F)F. The summed E-state index contributed by atoms with van der Waals surface area (Å²) in [6.45, 7) is -2.04. The predicted molar refractivity (Wildman–Crippen MR) is 67.4 cm³/mol.